The number of carbonyl (C=O) groups is 2. The number of aryl methyl sites for hydroxylation is 1. The van der Waals surface area contributed by atoms with Gasteiger partial charge in [0.2, 0.25) is 5.91 Å². The molecule has 0 aliphatic carbocycles. The molecule has 0 N–H and O–H groups in total. The first-order chi connectivity index (χ1) is 19.2. The zero-order valence-electron chi connectivity index (χ0n) is 22.0. The molecular formula is C30H26F3N5O2. The van der Waals surface area contributed by atoms with Gasteiger partial charge in [-0.25, -0.2) is 17.9 Å². The van der Waals surface area contributed by atoms with Crippen LogP contribution in [0.15, 0.2) is 54.9 Å². The maximum Gasteiger partial charge on any atom is 0.274 e. The van der Waals surface area contributed by atoms with E-state index in [9.17, 15) is 22.8 Å². The molecular weight excluding hydrogens is 519 g/mol. The number of likely N-dealkylation sites (tertiary alicyclic amines) is 1. The topological polar surface area (TPSA) is 71.3 Å². The standard InChI is InChI=1S/C30H26F3N5O2/c1-17-5-6-19-12-27(39)37(29(19)18(17)2)21-7-10-36(11-8-21)30(40)25-15-26(20-4-3-9-34-16-20)38(35-25)22-13-23(31)28(33)24(32)14-22/h3-6,9,13-16,21H,7-8,10-12H2,1-2H3. The van der Waals surface area contributed by atoms with Gasteiger partial charge in [0.25, 0.3) is 5.91 Å². The highest BCUT2D eigenvalue weighted by Gasteiger charge is 2.37. The van der Waals surface area contributed by atoms with Gasteiger partial charge in [-0.2, -0.15) is 5.10 Å². The number of carbonyl (C=O) groups excluding carboxylic acids is 2. The highest BCUT2D eigenvalue weighted by atomic mass is 19.2. The van der Waals surface area contributed by atoms with Crippen LogP contribution in [0, 0.1) is 31.3 Å². The van der Waals surface area contributed by atoms with Crippen molar-refractivity contribution in [3.8, 4) is 16.9 Å². The maximum absolute atomic E-state index is 14.1. The molecule has 204 valence electrons. The lowest BCUT2D eigenvalue weighted by atomic mass is 9.99. The van der Waals surface area contributed by atoms with Crippen molar-refractivity contribution < 1.29 is 22.8 Å². The van der Waals surface area contributed by atoms with E-state index < -0.39 is 17.5 Å². The third-order valence-corrected chi connectivity index (χ3v) is 7.85. The summed E-state index contributed by atoms with van der Waals surface area (Å²) < 4.78 is 43.0. The van der Waals surface area contributed by atoms with Crippen LogP contribution in [0.2, 0.25) is 0 Å². The summed E-state index contributed by atoms with van der Waals surface area (Å²) in [6, 6.07) is 10.7. The summed E-state index contributed by atoms with van der Waals surface area (Å²) in [6.45, 7) is 4.91. The Morgan fingerprint density at radius 2 is 1.73 bits per heavy atom. The first kappa shape index (κ1) is 25.8. The van der Waals surface area contributed by atoms with Crippen molar-refractivity contribution in [3.05, 3.63) is 94.7 Å². The van der Waals surface area contributed by atoms with Gasteiger partial charge in [0.15, 0.2) is 23.1 Å². The minimum atomic E-state index is -1.58. The molecule has 2 aliphatic heterocycles. The van der Waals surface area contributed by atoms with Crippen LogP contribution in [0.5, 0.6) is 0 Å². The lowest BCUT2D eigenvalue weighted by Crippen LogP contribution is -2.48. The van der Waals surface area contributed by atoms with E-state index in [1.54, 1.807) is 23.2 Å². The Labute approximate surface area is 228 Å². The number of piperidine rings is 1. The molecule has 6 rings (SSSR count). The quantitative estimate of drug-likeness (QED) is 0.332. The van der Waals surface area contributed by atoms with E-state index >= 15 is 0 Å². The van der Waals surface area contributed by atoms with Gasteiger partial charge in [-0.1, -0.05) is 12.1 Å². The number of aromatic nitrogens is 3. The predicted octanol–water partition coefficient (Wildman–Crippen LogP) is 5.16. The van der Waals surface area contributed by atoms with Gasteiger partial charge in [0, 0.05) is 49.2 Å². The summed E-state index contributed by atoms with van der Waals surface area (Å²) in [6.07, 6.45) is 4.71. The summed E-state index contributed by atoms with van der Waals surface area (Å²) in [5.41, 5.74) is 5.22. The predicted molar refractivity (Wildman–Crippen MR) is 143 cm³/mol. The highest BCUT2D eigenvalue weighted by molar-refractivity contribution is 6.03. The molecule has 2 amide bonds. The molecule has 0 spiro atoms. The number of rotatable bonds is 4. The summed E-state index contributed by atoms with van der Waals surface area (Å²) in [5.74, 6) is -4.57. The van der Waals surface area contributed by atoms with Crippen LogP contribution in [0.25, 0.3) is 16.9 Å². The minimum absolute atomic E-state index is 0.0213. The Kier molecular flexibility index (Phi) is 6.40. The number of halogens is 3. The van der Waals surface area contributed by atoms with Crippen LogP contribution in [0.3, 0.4) is 0 Å². The highest BCUT2D eigenvalue weighted by Crippen LogP contribution is 2.37. The first-order valence-corrected chi connectivity index (χ1v) is 13.1. The van der Waals surface area contributed by atoms with Gasteiger partial charge < -0.3 is 9.80 Å². The fourth-order valence-corrected chi connectivity index (χ4v) is 5.65. The van der Waals surface area contributed by atoms with Crippen LogP contribution in [0.1, 0.15) is 40.0 Å². The van der Waals surface area contributed by atoms with Gasteiger partial charge in [-0.15, -0.1) is 0 Å². The summed E-state index contributed by atoms with van der Waals surface area (Å²) in [5, 5.41) is 4.38. The van der Waals surface area contributed by atoms with Gasteiger partial charge in [0.05, 0.1) is 23.5 Å². The Morgan fingerprint density at radius 3 is 2.40 bits per heavy atom. The fourth-order valence-electron chi connectivity index (χ4n) is 5.65. The first-order valence-electron chi connectivity index (χ1n) is 13.1. The van der Waals surface area contributed by atoms with Crippen LogP contribution >= 0.6 is 0 Å². The molecule has 1 saturated heterocycles. The molecule has 0 unspecified atom stereocenters. The molecule has 10 heteroatoms. The SMILES string of the molecule is Cc1ccc2c(c1C)N(C1CCN(C(=O)c3cc(-c4cccnc4)n(-c4cc(F)c(F)c(F)c4)n3)CC1)C(=O)C2. The molecule has 0 radical (unpaired) electrons. The summed E-state index contributed by atoms with van der Waals surface area (Å²) >= 11 is 0. The number of anilines is 1. The van der Waals surface area contributed by atoms with Crippen molar-refractivity contribution >= 4 is 17.5 Å². The van der Waals surface area contributed by atoms with Gasteiger partial charge in [0.1, 0.15) is 0 Å². The number of benzene rings is 2. The van der Waals surface area contributed by atoms with Gasteiger partial charge in [-0.05, 0) is 61.6 Å². The molecule has 1 fully saturated rings. The molecule has 7 nitrogen and oxygen atoms in total. The Balaban J connectivity index is 1.27. The molecule has 0 atom stereocenters. The number of hydrogen-bond donors (Lipinski definition) is 0. The van der Waals surface area contributed by atoms with Crippen LogP contribution in [-0.2, 0) is 11.2 Å². The number of pyridine rings is 1. The van der Waals surface area contributed by atoms with Crippen molar-refractivity contribution in [2.45, 2.75) is 39.2 Å². The van der Waals surface area contributed by atoms with Crippen LogP contribution < -0.4 is 4.90 Å². The molecule has 40 heavy (non-hydrogen) atoms. The molecule has 0 saturated carbocycles. The molecule has 4 aromatic rings. The number of hydrogen-bond acceptors (Lipinski definition) is 4. The molecule has 4 heterocycles. The maximum atomic E-state index is 14.1. The number of amides is 2. The zero-order valence-corrected chi connectivity index (χ0v) is 22.0. The van der Waals surface area contributed by atoms with Crippen molar-refractivity contribution in [3.63, 3.8) is 0 Å². The normalized spacial score (nSPS) is 15.6. The second-order valence-corrected chi connectivity index (χ2v) is 10.3. The number of fused-ring (bicyclic) bond motifs is 1. The minimum Gasteiger partial charge on any atom is -0.337 e. The van der Waals surface area contributed by atoms with Crippen molar-refractivity contribution in [2.75, 3.05) is 18.0 Å². The van der Waals surface area contributed by atoms with E-state index in [0.717, 1.165) is 34.5 Å². The second kappa shape index (κ2) is 9.93. The third kappa shape index (κ3) is 4.33. The van der Waals surface area contributed by atoms with Crippen molar-refractivity contribution in [1.82, 2.24) is 19.7 Å². The lowest BCUT2D eigenvalue weighted by Gasteiger charge is -2.37. The number of nitrogens with zero attached hydrogens (tertiary/aromatic N) is 5. The Hall–Kier alpha value is -4.47. The Bertz CT molecular complexity index is 1620. The van der Waals surface area contributed by atoms with Crippen molar-refractivity contribution in [1.29, 1.82) is 0 Å². The third-order valence-electron chi connectivity index (χ3n) is 7.85. The van der Waals surface area contributed by atoms with Crippen molar-refractivity contribution in [2.24, 2.45) is 0 Å². The molecule has 2 aromatic carbocycles. The average molecular weight is 546 g/mol. The van der Waals surface area contributed by atoms with Crippen LogP contribution in [0.4, 0.5) is 18.9 Å². The lowest BCUT2D eigenvalue weighted by molar-refractivity contribution is -0.118. The Morgan fingerprint density at radius 1 is 1.00 bits per heavy atom. The second-order valence-electron chi connectivity index (χ2n) is 10.3. The van der Waals surface area contributed by atoms with E-state index in [2.05, 4.69) is 10.1 Å². The van der Waals surface area contributed by atoms with E-state index in [1.807, 2.05) is 30.9 Å². The van der Waals surface area contributed by atoms with E-state index in [0.29, 0.717) is 43.6 Å². The molecule has 0 bridgehead atoms. The van der Waals surface area contributed by atoms with E-state index in [-0.39, 0.29) is 29.2 Å². The smallest absolute Gasteiger partial charge is 0.274 e. The largest absolute Gasteiger partial charge is 0.337 e. The molecule has 2 aliphatic rings. The van der Waals surface area contributed by atoms with E-state index in [4.69, 9.17) is 0 Å². The van der Waals surface area contributed by atoms with E-state index in [1.165, 1.54) is 16.9 Å². The van der Waals surface area contributed by atoms with Gasteiger partial charge in [-0.3, -0.25) is 14.6 Å². The summed E-state index contributed by atoms with van der Waals surface area (Å²) in [4.78, 5) is 34.2. The zero-order chi connectivity index (χ0) is 28.1. The monoisotopic (exact) mass is 545 g/mol. The van der Waals surface area contributed by atoms with Crippen LogP contribution in [-0.4, -0.2) is 50.6 Å². The van der Waals surface area contributed by atoms with Gasteiger partial charge >= 0.3 is 0 Å². The average Bonchev–Trinajstić information content (AvgIpc) is 3.55. The summed E-state index contributed by atoms with van der Waals surface area (Å²) in [7, 11) is 0. The molecule has 2 aromatic heterocycles. The fraction of sp³-hybridized carbons (Fsp3) is 0.267.